The van der Waals surface area contributed by atoms with Crippen molar-refractivity contribution in [2.45, 2.75) is 6.36 Å². The lowest BCUT2D eigenvalue weighted by molar-refractivity contribution is -0.274. The molecule has 0 aliphatic rings. The van der Waals surface area contributed by atoms with Gasteiger partial charge in [0.2, 0.25) is 0 Å². The molecule has 0 fully saturated rings. The maximum Gasteiger partial charge on any atom is 0.573 e. The molecule has 0 bridgehead atoms. The van der Waals surface area contributed by atoms with Crippen LogP contribution in [0, 0.1) is 5.82 Å². The molecule has 0 radical (unpaired) electrons. The molecule has 0 unspecified atom stereocenters. The number of phenols is 1. The van der Waals surface area contributed by atoms with Gasteiger partial charge >= 0.3 is 6.36 Å². The molecule has 1 aromatic carbocycles. The van der Waals surface area contributed by atoms with Crippen LogP contribution in [0.2, 0.25) is 0 Å². The van der Waals surface area contributed by atoms with E-state index in [-0.39, 0.29) is 0 Å². The smallest absolute Gasteiger partial charge is 0.505 e. The van der Waals surface area contributed by atoms with E-state index in [9.17, 15) is 17.6 Å². The minimum absolute atomic E-state index is 0.447. The van der Waals surface area contributed by atoms with Gasteiger partial charge in [0.1, 0.15) is 5.75 Å². The van der Waals surface area contributed by atoms with E-state index < -0.39 is 23.7 Å². The third-order valence-corrected chi connectivity index (χ3v) is 1.15. The molecule has 1 rings (SSSR count). The van der Waals surface area contributed by atoms with Crippen molar-refractivity contribution in [3.8, 4) is 11.5 Å². The van der Waals surface area contributed by atoms with E-state index in [1.54, 1.807) is 0 Å². The summed E-state index contributed by atoms with van der Waals surface area (Å²) in [6.45, 7) is 0. The molecule has 0 atom stereocenters. The Kier molecular flexibility index (Phi) is 2.31. The summed E-state index contributed by atoms with van der Waals surface area (Å²) in [7, 11) is 0. The molecule has 72 valence electrons. The summed E-state index contributed by atoms with van der Waals surface area (Å²) >= 11 is 0. The van der Waals surface area contributed by atoms with Gasteiger partial charge in [0.05, 0.1) is 0 Å². The van der Waals surface area contributed by atoms with Crippen molar-refractivity contribution in [1.29, 1.82) is 0 Å². The highest BCUT2D eigenvalue weighted by Crippen LogP contribution is 2.26. The number of benzene rings is 1. The number of aromatic hydroxyl groups is 1. The second kappa shape index (κ2) is 3.12. The molecule has 1 aromatic rings. The molecule has 0 amide bonds. The van der Waals surface area contributed by atoms with Crippen LogP contribution in [0.5, 0.6) is 11.5 Å². The molecule has 1 N–H and O–H groups in total. The third kappa shape index (κ3) is 2.81. The molecule has 0 saturated heterocycles. The van der Waals surface area contributed by atoms with Crippen LogP contribution in [0.3, 0.4) is 0 Å². The second-order valence-corrected chi connectivity index (χ2v) is 2.16. The molecule has 2 nitrogen and oxygen atoms in total. The van der Waals surface area contributed by atoms with Crippen LogP contribution in [0.4, 0.5) is 17.6 Å². The van der Waals surface area contributed by atoms with Gasteiger partial charge in [0.15, 0.2) is 11.6 Å². The normalized spacial score (nSPS) is 11.4. The van der Waals surface area contributed by atoms with Gasteiger partial charge in [-0.3, -0.25) is 0 Å². The minimum Gasteiger partial charge on any atom is -0.505 e. The predicted molar refractivity (Wildman–Crippen MR) is 34.7 cm³/mol. The number of ether oxygens (including phenoxy) is 1. The van der Waals surface area contributed by atoms with Gasteiger partial charge in [-0.15, -0.1) is 13.2 Å². The zero-order chi connectivity index (χ0) is 10.1. The zero-order valence-corrected chi connectivity index (χ0v) is 6.10. The van der Waals surface area contributed by atoms with Crippen molar-refractivity contribution >= 4 is 0 Å². The van der Waals surface area contributed by atoms with Crippen LogP contribution >= 0.6 is 0 Å². The molecule has 0 saturated carbocycles. The predicted octanol–water partition coefficient (Wildman–Crippen LogP) is 2.43. The van der Waals surface area contributed by atoms with E-state index in [1.807, 2.05) is 0 Å². The Morgan fingerprint density at radius 3 is 2.31 bits per heavy atom. The number of alkyl halides is 3. The van der Waals surface area contributed by atoms with Crippen molar-refractivity contribution < 1.29 is 27.4 Å². The van der Waals surface area contributed by atoms with Crippen molar-refractivity contribution in [3.63, 3.8) is 0 Å². The van der Waals surface area contributed by atoms with Gasteiger partial charge < -0.3 is 9.84 Å². The Morgan fingerprint density at radius 1 is 1.23 bits per heavy atom. The summed E-state index contributed by atoms with van der Waals surface area (Å²) < 4.78 is 50.5. The Balaban J connectivity index is 2.86. The van der Waals surface area contributed by atoms with E-state index in [2.05, 4.69) is 4.74 Å². The molecule has 13 heavy (non-hydrogen) atoms. The van der Waals surface area contributed by atoms with Crippen LogP contribution < -0.4 is 4.74 Å². The van der Waals surface area contributed by atoms with Crippen molar-refractivity contribution in [2.24, 2.45) is 0 Å². The SMILES string of the molecule is Oc1ccc(OC(F)(F)F)cc1F. The fourth-order valence-corrected chi connectivity index (χ4v) is 0.685. The maximum atomic E-state index is 12.5. The topological polar surface area (TPSA) is 29.5 Å². The molecule has 0 heterocycles. The molecular formula is C7H4F4O2. The monoisotopic (exact) mass is 196 g/mol. The average molecular weight is 196 g/mol. The minimum atomic E-state index is -4.86. The number of hydrogen-bond acceptors (Lipinski definition) is 2. The highest BCUT2D eigenvalue weighted by Gasteiger charge is 2.31. The lowest BCUT2D eigenvalue weighted by atomic mass is 10.3. The molecule has 6 heteroatoms. The Bertz CT molecular complexity index is 308. The molecule has 0 aromatic heterocycles. The number of rotatable bonds is 1. The van der Waals surface area contributed by atoms with Crippen LogP contribution in [0.1, 0.15) is 0 Å². The average Bonchev–Trinajstić information content (AvgIpc) is 1.94. The summed E-state index contributed by atoms with van der Waals surface area (Å²) in [5.74, 6) is -2.60. The molecular weight excluding hydrogens is 192 g/mol. The summed E-state index contributed by atoms with van der Waals surface area (Å²) in [6.07, 6.45) is -4.86. The van der Waals surface area contributed by atoms with Crippen LogP contribution in [0.15, 0.2) is 18.2 Å². The van der Waals surface area contributed by atoms with Gasteiger partial charge in [0.25, 0.3) is 0 Å². The Hall–Kier alpha value is -1.46. The molecule has 0 spiro atoms. The first-order valence-electron chi connectivity index (χ1n) is 3.13. The van der Waals surface area contributed by atoms with Crippen LogP contribution in [-0.2, 0) is 0 Å². The largest absolute Gasteiger partial charge is 0.573 e. The quantitative estimate of drug-likeness (QED) is 0.699. The molecule has 0 aliphatic carbocycles. The van der Waals surface area contributed by atoms with E-state index >= 15 is 0 Å². The number of halogens is 4. The van der Waals surface area contributed by atoms with Crippen LogP contribution in [-0.4, -0.2) is 11.5 Å². The first-order chi connectivity index (χ1) is 5.88. The first-order valence-corrected chi connectivity index (χ1v) is 3.13. The van der Waals surface area contributed by atoms with Gasteiger partial charge in [-0.25, -0.2) is 4.39 Å². The standard InChI is InChI=1S/C7H4F4O2/c8-5-3-4(1-2-6(5)12)13-7(9,10)11/h1-3,12H. The second-order valence-electron chi connectivity index (χ2n) is 2.16. The first kappa shape index (κ1) is 9.63. The van der Waals surface area contributed by atoms with E-state index in [4.69, 9.17) is 5.11 Å². The van der Waals surface area contributed by atoms with Crippen molar-refractivity contribution in [3.05, 3.63) is 24.0 Å². The zero-order valence-electron chi connectivity index (χ0n) is 6.10. The fraction of sp³-hybridized carbons (Fsp3) is 0.143. The third-order valence-electron chi connectivity index (χ3n) is 1.15. The van der Waals surface area contributed by atoms with E-state index in [0.717, 1.165) is 12.1 Å². The van der Waals surface area contributed by atoms with Crippen LogP contribution in [0.25, 0.3) is 0 Å². The van der Waals surface area contributed by atoms with E-state index in [1.165, 1.54) is 0 Å². The summed E-state index contributed by atoms with van der Waals surface area (Å²) in [4.78, 5) is 0. The summed E-state index contributed by atoms with van der Waals surface area (Å²) in [5, 5.41) is 8.63. The van der Waals surface area contributed by atoms with Gasteiger partial charge in [-0.05, 0) is 12.1 Å². The maximum absolute atomic E-state index is 12.5. The number of hydrogen-bond donors (Lipinski definition) is 1. The summed E-state index contributed by atoms with van der Waals surface area (Å²) in [6, 6.07) is 2.03. The highest BCUT2D eigenvalue weighted by atomic mass is 19.4. The van der Waals surface area contributed by atoms with Gasteiger partial charge in [-0.1, -0.05) is 0 Å². The van der Waals surface area contributed by atoms with E-state index in [0.29, 0.717) is 6.07 Å². The fourth-order valence-electron chi connectivity index (χ4n) is 0.685. The van der Waals surface area contributed by atoms with Gasteiger partial charge in [-0.2, -0.15) is 0 Å². The lowest BCUT2D eigenvalue weighted by Crippen LogP contribution is -2.17. The Labute approximate surface area is 70.4 Å². The summed E-state index contributed by atoms with van der Waals surface area (Å²) in [5.41, 5.74) is 0. The lowest BCUT2D eigenvalue weighted by Gasteiger charge is -2.08. The van der Waals surface area contributed by atoms with Gasteiger partial charge in [0, 0.05) is 6.07 Å². The van der Waals surface area contributed by atoms with Crippen molar-refractivity contribution in [2.75, 3.05) is 0 Å². The molecule has 0 aliphatic heterocycles. The van der Waals surface area contributed by atoms with Crippen molar-refractivity contribution in [1.82, 2.24) is 0 Å². The highest BCUT2D eigenvalue weighted by molar-refractivity contribution is 5.32. The number of phenolic OH excluding ortho intramolecular Hbond substituents is 1. The Morgan fingerprint density at radius 2 is 1.85 bits per heavy atom.